The zero-order valence-electron chi connectivity index (χ0n) is 8.96. The van der Waals surface area contributed by atoms with Crippen molar-refractivity contribution in [3.05, 3.63) is 36.6 Å². The van der Waals surface area contributed by atoms with Gasteiger partial charge in [-0.05, 0) is 18.6 Å². The normalized spacial score (nSPS) is 12.6. The van der Waals surface area contributed by atoms with Crippen LogP contribution in [0.15, 0.2) is 36.6 Å². The average molecular weight is 230 g/mol. The molecule has 0 aliphatic heterocycles. The van der Waals surface area contributed by atoms with Gasteiger partial charge in [0.05, 0.1) is 5.57 Å². The summed E-state index contributed by atoms with van der Waals surface area (Å²) in [5.41, 5.74) is -0.835. The van der Waals surface area contributed by atoms with Crippen molar-refractivity contribution in [3.8, 4) is 6.19 Å². The predicted octanol–water partition coefficient (Wildman–Crippen LogP) is 3.37. The summed E-state index contributed by atoms with van der Waals surface area (Å²) in [6.45, 7) is 5.44. The predicted molar refractivity (Wildman–Crippen MR) is 56.1 cm³/mol. The third-order valence-electron chi connectivity index (χ3n) is 1.68. The fourth-order valence-corrected chi connectivity index (χ4v) is 0.928. The Kier molecular flexibility index (Phi) is 6.01. The molecule has 16 heavy (non-hydrogen) atoms. The van der Waals surface area contributed by atoms with Crippen LogP contribution in [0.2, 0.25) is 0 Å². The van der Waals surface area contributed by atoms with E-state index in [-0.39, 0.29) is 0 Å². The first-order valence-electron chi connectivity index (χ1n) is 4.70. The topological polar surface area (TPSA) is 27.0 Å². The average Bonchev–Trinajstić information content (AvgIpc) is 2.20. The van der Waals surface area contributed by atoms with Crippen LogP contribution in [-0.2, 0) is 0 Å². The van der Waals surface area contributed by atoms with Crippen LogP contribution in [0.25, 0.3) is 0 Å². The van der Waals surface area contributed by atoms with Crippen LogP contribution in [-0.4, -0.2) is 17.6 Å². The Balaban J connectivity index is 4.61. The fourth-order valence-electron chi connectivity index (χ4n) is 0.928. The minimum absolute atomic E-state index is 0.482. The highest BCUT2D eigenvalue weighted by Crippen LogP contribution is 2.25. The molecule has 0 aromatic heterocycles. The summed E-state index contributed by atoms with van der Waals surface area (Å²) in [5, 5.41) is 8.60. The van der Waals surface area contributed by atoms with E-state index in [4.69, 9.17) is 5.26 Å². The van der Waals surface area contributed by atoms with Crippen molar-refractivity contribution in [2.24, 2.45) is 0 Å². The highest BCUT2D eigenvalue weighted by Gasteiger charge is 2.30. The monoisotopic (exact) mass is 230 g/mol. The Morgan fingerprint density at radius 3 is 2.50 bits per heavy atom. The zero-order valence-corrected chi connectivity index (χ0v) is 8.96. The van der Waals surface area contributed by atoms with Crippen LogP contribution in [0.1, 0.15) is 13.3 Å². The maximum atomic E-state index is 12.2. The first-order chi connectivity index (χ1) is 7.45. The Bertz CT molecular complexity index is 321. The summed E-state index contributed by atoms with van der Waals surface area (Å²) in [4.78, 5) is 1.26. The van der Waals surface area contributed by atoms with Crippen LogP contribution >= 0.6 is 0 Å². The van der Waals surface area contributed by atoms with Gasteiger partial charge in [0.1, 0.15) is 0 Å². The molecule has 0 bridgehead atoms. The molecular weight excluding hydrogens is 217 g/mol. The van der Waals surface area contributed by atoms with Crippen LogP contribution in [0, 0.1) is 11.5 Å². The van der Waals surface area contributed by atoms with Crippen molar-refractivity contribution in [1.29, 1.82) is 5.26 Å². The number of nitrogens with zero attached hydrogens (tertiary/aromatic N) is 2. The van der Waals surface area contributed by atoms with Crippen molar-refractivity contribution in [3.63, 3.8) is 0 Å². The lowest BCUT2D eigenvalue weighted by Crippen LogP contribution is -2.11. The largest absolute Gasteiger partial charge is 0.416 e. The molecule has 0 amide bonds. The summed E-state index contributed by atoms with van der Waals surface area (Å²) in [6, 6.07) is 0. The molecule has 0 saturated heterocycles. The van der Waals surface area contributed by atoms with Crippen LogP contribution in [0.4, 0.5) is 13.2 Å². The fraction of sp³-hybridized carbons (Fsp3) is 0.364. The van der Waals surface area contributed by atoms with Gasteiger partial charge in [0.2, 0.25) is 0 Å². The summed E-state index contributed by atoms with van der Waals surface area (Å²) < 4.78 is 36.7. The van der Waals surface area contributed by atoms with Gasteiger partial charge < -0.3 is 0 Å². The number of hydrogen-bond acceptors (Lipinski definition) is 2. The van der Waals surface area contributed by atoms with E-state index in [1.54, 1.807) is 0 Å². The molecule has 0 heterocycles. The maximum absolute atomic E-state index is 12.2. The molecule has 0 saturated carbocycles. The van der Waals surface area contributed by atoms with E-state index in [1.165, 1.54) is 17.2 Å². The highest BCUT2D eigenvalue weighted by atomic mass is 19.4. The van der Waals surface area contributed by atoms with Crippen LogP contribution in [0.3, 0.4) is 0 Å². The lowest BCUT2D eigenvalue weighted by molar-refractivity contribution is -0.0881. The maximum Gasteiger partial charge on any atom is 0.416 e. The molecule has 5 heteroatoms. The summed E-state index contributed by atoms with van der Waals surface area (Å²) >= 11 is 0. The van der Waals surface area contributed by atoms with Gasteiger partial charge in [0, 0.05) is 12.7 Å². The highest BCUT2D eigenvalue weighted by molar-refractivity contribution is 5.26. The number of nitriles is 1. The van der Waals surface area contributed by atoms with E-state index < -0.39 is 11.7 Å². The van der Waals surface area contributed by atoms with Gasteiger partial charge in [-0.1, -0.05) is 19.6 Å². The Morgan fingerprint density at radius 1 is 1.50 bits per heavy atom. The minimum atomic E-state index is -4.41. The second kappa shape index (κ2) is 6.72. The summed E-state index contributed by atoms with van der Waals surface area (Å²) in [5.74, 6) is 0. The molecule has 0 radical (unpaired) electrons. The lowest BCUT2D eigenvalue weighted by atomic mass is 10.2. The first-order valence-corrected chi connectivity index (χ1v) is 4.70. The molecule has 2 nitrogen and oxygen atoms in total. The van der Waals surface area contributed by atoms with Crippen molar-refractivity contribution < 1.29 is 13.2 Å². The smallest absolute Gasteiger partial charge is 0.287 e. The molecule has 0 aromatic carbocycles. The number of halogens is 3. The standard InChI is InChI=1S/C11H13F3N2/c1-3-7-16(9-15)8-5-6-10(4-2)11(12,13)14/h4-6,8H,2-3,7H2,1H3/b8-5+,10-6+. The quantitative estimate of drug-likeness (QED) is 0.411. The minimum Gasteiger partial charge on any atom is -0.287 e. The number of hydrogen-bond donors (Lipinski definition) is 0. The van der Waals surface area contributed by atoms with Crippen molar-refractivity contribution in [2.75, 3.05) is 6.54 Å². The zero-order chi connectivity index (χ0) is 12.6. The Morgan fingerprint density at radius 2 is 2.12 bits per heavy atom. The van der Waals surface area contributed by atoms with Gasteiger partial charge in [-0.25, -0.2) is 0 Å². The number of allylic oxidation sites excluding steroid dienone is 4. The van der Waals surface area contributed by atoms with Crippen molar-refractivity contribution >= 4 is 0 Å². The van der Waals surface area contributed by atoms with E-state index in [2.05, 4.69) is 6.58 Å². The van der Waals surface area contributed by atoms with E-state index in [9.17, 15) is 13.2 Å². The molecule has 0 spiro atoms. The molecule has 0 fully saturated rings. The second-order valence-corrected chi connectivity index (χ2v) is 2.96. The molecule has 0 aliphatic rings. The molecule has 88 valence electrons. The summed E-state index contributed by atoms with van der Waals surface area (Å²) in [6.07, 6.45) is 2.29. The van der Waals surface area contributed by atoms with Gasteiger partial charge in [0.25, 0.3) is 0 Å². The molecule has 0 N–H and O–H groups in total. The van der Waals surface area contributed by atoms with E-state index >= 15 is 0 Å². The molecule has 0 aromatic rings. The second-order valence-electron chi connectivity index (χ2n) is 2.96. The molecular formula is C11H13F3N2. The van der Waals surface area contributed by atoms with Crippen molar-refractivity contribution in [2.45, 2.75) is 19.5 Å². The molecule has 0 rings (SSSR count). The molecule has 0 unspecified atom stereocenters. The van der Waals surface area contributed by atoms with E-state index in [1.807, 2.05) is 13.1 Å². The SMILES string of the molecule is C=C/C(=C\C=C\N(C#N)CCC)C(F)(F)F. The van der Waals surface area contributed by atoms with Gasteiger partial charge in [-0.3, -0.25) is 4.90 Å². The lowest BCUT2D eigenvalue weighted by Gasteiger charge is -2.08. The van der Waals surface area contributed by atoms with Gasteiger partial charge in [0.15, 0.2) is 6.19 Å². The molecule has 0 atom stereocenters. The van der Waals surface area contributed by atoms with Crippen LogP contribution in [0.5, 0.6) is 0 Å². The number of alkyl halides is 3. The Hall–Kier alpha value is -1.70. The summed E-state index contributed by atoms with van der Waals surface area (Å²) in [7, 11) is 0. The van der Waals surface area contributed by atoms with Gasteiger partial charge in [-0.15, -0.1) is 0 Å². The Labute approximate surface area is 93.0 Å². The van der Waals surface area contributed by atoms with E-state index in [0.29, 0.717) is 6.54 Å². The van der Waals surface area contributed by atoms with Crippen molar-refractivity contribution in [1.82, 2.24) is 4.90 Å². The third-order valence-corrected chi connectivity index (χ3v) is 1.68. The third kappa shape index (κ3) is 5.25. The van der Waals surface area contributed by atoms with Gasteiger partial charge >= 0.3 is 6.18 Å². The number of rotatable bonds is 5. The van der Waals surface area contributed by atoms with Gasteiger partial charge in [-0.2, -0.15) is 18.4 Å². The first kappa shape index (κ1) is 14.3. The molecule has 0 aliphatic carbocycles. The van der Waals surface area contributed by atoms with E-state index in [0.717, 1.165) is 18.6 Å². The van der Waals surface area contributed by atoms with Crippen LogP contribution < -0.4 is 0 Å².